The van der Waals surface area contributed by atoms with Gasteiger partial charge in [-0.15, -0.1) is 11.3 Å². The molecule has 2 aromatic carbocycles. The molecule has 6 heteroatoms. The van der Waals surface area contributed by atoms with Crippen LogP contribution in [0.15, 0.2) is 51.7 Å². The summed E-state index contributed by atoms with van der Waals surface area (Å²) < 4.78 is 12.3. The molecule has 1 aliphatic rings. The molecular weight excluding hydrogens is 456 g/mol. The predicted molar refractivity (Wildman–Crippen MR) is 142 cm³/mol. The summed E-state index contributed by atoms with van der Waals surface area (Å²) in [5.74, 6) is 0.753. The lowest BCUT2D eigenvalue weighted by Crippen LogP contribution is -2.04. The van der Waals surface area contributed by atoms with E-state index < -0.39 is 0 Å². The lowest BCUT2D eigenvalue weighted by molar-refractivity contribution is 0.415. The average molecular weight is 479 g/mol. The second-order valence-electron chi connectivity index (χ2n) is 9.34. The van der Waals surface area contributed by atoms with Crippen LogP contribution in [0.25, 0.3) is 53.4 Å². The van der Waals surface area contributed by atoms with Gasteiger partial charge in [-0.25, -0.2) is 14.8 Å². The number of nitrogens with zero attached hydrogens (tertiary/aromatic N) is 2. The standard InChI is InChI=1S/C29H22N2O3S/c1-14-11-15(2)30-28-22(14)26-27(35-28)23-20-12-17-5-4-6-18(17)13-21(20)34-29(32)24(23)25(31-26)16-7-9-19(33-3)10-8-16/h7-13H,4-6H2,1-3H3. The number of hydrogen-bond donors (Lipinski definition) is 0. The largest absolute Gasteiger partial charge is 0.497 e. The van der Waals surface area contributed by atoms with Crippen molar-refractivity contribution in [1.29, 1.82) is 0 Å². The number of aryl methyl sites for hydroxylation is 4. The second kappa shape index (κ2) is 7.36. The highest BCUT2D eigenvalue weighted by molar-refractivity contribution is 7.26. The van der Waals surface area contributed by atoms with E-state index in [1.54, 1.807) is 18.4 Å². The zero-order valence-corrected chi connectivity index (χ0v) is 20.5. The second-order valence-corrected chi connectivity index (χ2v) is 10.3. The van der Waals surface area contributed by atoms with E-state index in [1.807, 2.05) is 31.2 Å². The molecule has 0 amide bonds. The first-order valence-corrected chi connectivity index (χ1v) is 12.6. The lowest BCUT2D eigenvalue weighted by atomic mass is 9.99. The molecule has 172 valence electrons. The molecule has 35 heavy (non-hydrogen) atoms. The maximum Gasteiger partial charge on any atom is 0.346 e. The van der Waals surface area contributed by atoms with Gasteiger partial charge < -0.3 is 9.15 Å². The summed E-state index contributed by atoms with van der Waals surface area (Å²) in [6.45, 7) is 4.12. The summed E-state index contributed by atoms with van der Waals surface area (Å²) >= 11 is 1.61. The van der Waals surface area contributed by atoms with Crippen LogP contribution in [0.4, 0.5) is 0 Å². The van der Waals surface area contributed by atoms with E-state index in [-0.39, 0.29) is 5.63 Å². The summed E-state index contributed by atoms with van der Waals surface area (Å²) in [6, 6.07) is 14.1. The third-order valence-electron chi connectivity index (χ3n) is 7.13. The minimum absolute atomic E-state index is 0.357. The van der Waals surface area contributed by atoms with Crippen LogP contribution in [-0.2, 0) is 12.8 Å². The molecule has 0 atom stereocenters. The van der Waals surface area contributed by atoms with Gasteiger partial charge in [-0.3, -0.25) is 0 Å². The highest BCUT2D eigenvalue weighted by Crippen LogP contribution is 2.43. The Bertz CT molecular complexity index is 1900. The van der Waals surface area contributed by atoms with Gasteiger partial charge >= 0.3 is 5.63 Å². The van der Waals surface area contributed by atoms with Crippen molar-refractivity contribution in [3.63, 3.8) is 0 Å². The fourth-order valence-corrected chi connectivity index (χ4v) is 6.85. The number of aromatic nitrogens is 2. The van der Waals surface area contributed by atoms with Gasteiger partial charge in [-0.2, -0.15) is 0 Å². The van der Waals surface area contributed by atoms with Gasteiger partial charge in [0, 0.05) is 27.4 Å². The summed E-state index contributed by atoms with van der Waals surface area (Å²) in [5.41, 5.74) is 7.40. The zero-order valence-electron chi connectivity index (χ0n) is 19.7. The monoisotopic (exact) mass is 478 g/mol. The third-order valence-corrected chi connectivity index (χ3v) is 8.22. The maximum absolute atomic E-state index is 13.5. The van der Waals surface area contributed by atoms with Gasteiger partial charge in [0.05, 0.1) is 28.4 Å². The van der Waals surface area contributed by atoms with E-state index in [4.69, 9.17) is 19.1 Å². The van der Waals surface area contributed by atoms with Gasteiger partial charge in [0.25, 0.3) is 0 Å². The molecule has 0 N–H and O–H groups in total. The zero-order chi connectivity index (χ0) is 23.8. The number of rotatable bonds is 2. The highest BCUT2D eigenvalue weighted by Gasteiger charge is 2.23. The van der Waals surface area contributed by atoms with E-state index in [9.17, 15) is 4.79 Å². The Labute approximate surface area is 205 Å². The quantitative estimate of drug-likeness (QED) is 0.200. The molecular formula is C29H22N2O3S. The Hall–Kier alpha value is -3.77. The first kappa shape index (κ1) is 20.6. The van der Waals surface area contributed by atoms with Crippen LogP contribution in [0, 0.1) is 13.8 Å². The van der Waals surface area contributed by atoms with E-state index in [1.165, 1.54) is 11.1 Å². The van der Waals surface area contributed by atoms with Crippen molar-refractivity contribution in [1.82, 2.24) is 9.97 Å². The molecule has 0 radical (unpaired) electrons. The molecule has 0 saturated heterocycles. The van der Waals surface area contributed by atoms with Gasteiger partial charge in [0.15, 0.2) is 0 Å². The number of ether oxygens (including phenoxy) is 1. The molecule has 6 aromatic rings. The van der Waals surface area contributed by atoms with Crippen molar-refractivity contribution in [2.75, 3.05) is 7.11 Å². The van der Waals surface area contributed by atoms with Gasteiger partial charge in [0.1, 0.15) is 16.2 Å². The fraction of sp³-hybridized carbons (Fsp3) is 0.207. The molecule has 0 bridgehead atoms. The van der Waals surface area contributed by atoms with Crippen LogP contribution >= 0.6 is 11.3 Å². The van der Waals surface area contributed by atoms with E-state index >= 15 is 0 Å². The minimum Gasteiger partial charge on any atom is -0.497 e. The molecule has 1 aliphatic carbocycles. The molecule has 0 aliphatic heterocycles. The van der Waals surface area contributed by atoms with E-state index in [0.29, 0.717) is 16.7 Å². The Kier molecular flexibility index (Phi) is 4.33. The molecule has 5 nitrogen and oxygen atoms in total. The first-order chi connectivity index (χ1) is 17.0. The lowest BCUT2D eigenvalue weighted by Gasteiger charge is -2.11. The van der Waals surface area contributed by atoms with Gasteiger partial charge in [0.2, 0.25) is 0 Å². The SMILES string of the molecule is COc1ccc(-c2nc3c(sc4nc(C)cc(C)c43)c3c2c(=O)oc2cc4c(cc23)CCC4)cc1. The summed E-state index contributed by atoms with van der Waals surface area (Å²) in [4.78, 5) is 24.4. The van der Waals surface area contributed by atoms with Crippen molar-refractivity contribution in [2.24, 2.45) is 0 Å². The molecule has 0 saturated carbocycles. The normalized spacial score (nSPS) is 13.3. The third kappa shape index (κ3) is 2.96. The summed E-state index contributed by atoms with van der Waals surface area (Å²) in [5, 5.41) is 3.47. The van der Waals surface area contributed by atoms with Gasteiger partial charge in [-0.05, 0) is 92.3 Å². The number of thiophene rings is 1. The average Bonchev–Trinajstić information content (AvgIpc) is 3.45. The predicted octanol–water partition coefficient (Wildman–Crippen LogP) is 6.89. The van der Waals surface area contributed by atoms with Crippen LogP contribution in [0.2, 0.25) is 0 Å². The van der Waals surface area contributed by atoms with Crippen molar-refractivity contribution in [3.8, 4) is 17.0 Å². The van der Waals surface area contributed by atoms with Crippen LogP contribution in [0.3, 0.4) is 0 Å². The van der Waals surface area contributed by atoms with Gasteiger partial charge in [-0.1, -0.05) is 0 Å². The topological polar surface area (TPSA) is 65.2 Å². The highest BCUT2D eigenvalue weighted by atomic mass is 32.1. The van der Waals surface area contributed by atoms with E-state index in [2.05, 4.69) is 25.1 Å². The number of fused-ring (bicyclic) bond motifs is 8. The number of pyridine rings is 2. The molecule has 0 fully saturated rings. The van der Waals surface area contributed by atoms with Crippen LogP contribution in [-0.4, -0.2) is 17.1 Å². The van der Waals surface area contributed by atoms with Crippen LogP contribution in [0.1, 0.15) is 28.8 Å². The minimum atomic E-state index is -0.357. The Balaban J connectivity index is 1.73. The number of methoxy groups -OCH3 is 1. The Morgan fingerprint density at radius 2 is 1.71 bits per heavy atom. The Morgan fingerprint density at radius 3 is 2.49 bits per heavy atom. The van der Waals surface area contributed by atoms with E-state index in [0.717, 1.165) is 73.0 Å². The van der Waals surface area contributed by atoms with Crippen LogP contribution in [0.5, 0.6) is 5.75 Å². The maximum atomic E-state index is 13.5. The summed E-state index contributed by atoms with van der Waals surface area (Å²) in [7, 11) is 1.64. The number of hydrogen-bond acceptors (Lipinski definition) is 6. The molecule has 0 unspecified atom stereocenters. The van der Waals surface area contributed by atoms with Crippen molar-refractivity contribution < 1.29 is 9.15 Å². The summed E-state index contributed by atoms with van der Waals surface area (Å²) in [6.07, 6.45) is 3.21. The molecule has 4 aromatic heterocycles. The smallest absolute Gasteiger partial charge is 0.346 e. The van der Waals surface area contributed by atoms with Crippen molar-refractivity contribution in [3.05, 3.63) is 75.3 Å². The number of benzene rings is 2. The molecule has 7 rings (SSSR count). The molecule has 0 spiro atoms. The fourth-order valence-electron chi connectivity index (χ4n) is 5.54. The van der Waals surface area contributed by atoms with Crippen molar-refractivity contribution in [2.45, 2.75) is 33.1 Å². The van der Waals surface area contributed by atoms with Crippen molar-refractivity contribution >= 4 is 53.5 Å². The van der Waals surface area contributed by atoms with Crippen LogP contribution < -0.4 is 10.4 Å². The Morgan fingerprint density at radius 1 is 0.943 bits per heavy atom. The molecule has 4 heterocycles. The first-order valence-electron chi connectivity index (χ1n) is 11.8.